The number of unbranched alkanes of at least 4 members (excludes halogenated alkanes) is 1. The van der Waals surface area contributed by atoms with E-state index in [1.54, 1.807) is 0 Å². The number of hydrogen-bond donors (Lipinski definition) is 0. The Hall–Kier alpha value is 0.440. The summed E-state index contributed by atoms with van der Waals surface area (Å²) in [5, 5.41) is 1.09. The summed E-state index contributed by atoms with van der Waals surface area (Å²) in [6.07, 6.45) is 3.71. The first-order chi connectivity index (χ1) is 4.81. The van der Waals surface area contributed by atoms with Crippen LogP contribution in [0.15, 0.2) is 0 Å². The maximum Gasteiger partial charge on any atom is 0.0576 e. The molecule has 61 valence electrons. The van der Waals surface area contributed by atoms with E-state index in [2.05, 4.69) is 22.9 Å². The maximum atomic E-state index is 5.26. The van der Waals surface area contributed by atoms with Gasteiger partial charge in [0.05, 0.1) is 6.10 Å². The van der Waals surface area contributed by atoms with Crippen LogP contribution in [-0.4, -0.2) is 18.0 Å². The number of hydrogen-bond acceptors (Lipinski definition) is 1. The van der Waals surface area contributed by atoms with E-state index in [1.165, 1.54) is 12.8 Å². The van der Waals surface area contributed by atoms with E-state index in [4.69, 9.17) is 4.74 Å². The average Bonchev–Trinajstić information content (AvgIpc) is 1.89. The van der Waals surface area contributed by atoms with Crippen molar-refractivity contribution in [1.29, 1.82) is 0 Å². The molecule has 0 amide bonds. The summed E-state index contributed by atoms with van der Waals surface area (Å²) in [5.41, 5.74) is 0. The Kier molecular flexibility index (Phi) is 7.88. The molecule has 0 spiro atoms. The van der Waals surface area contributed by atoms with Gasteiger partial charge in [-0.05, 0) is 26.7 Å². The summed E-state index contributed by atoms with van der Waals surface area (Å²) in [4.78, 5) is 0. The van der Waals surface area contributed by atoms with Crippen LogP contribution in [0.3, 0.4) is 0 Å². The molecule has 0 saturated carbocycles. The van der Waals surface area contributed by atoms with E-state index >= 15 is 0 Å². The van der Waals surface area contributed by atoms with Gasteiger partial charge < -0.3 is 4.74 Å². The van der Waals surface area contributed by atoms with Crippen molar-refractivity contribution in [3.63, 3.8) is 0 Å². The van der Waals surface area contributed by atoms with Crippen LogP contribution in [0.2, 0.25) is 0 Å². The second-order valence-electron chi connectivity index (χ2n) is 2.26. The standard InChI is InChI=1S/C8H16BrO/c1-3-10-8(2)6-4-5-7-9/h8H,2-7H2,1H3. The van der Waals surface area contributed by atoms with Crippen molar-refractivity contribution in [3.05, 3.63) is 6.92 Å². The molecular weight excluding hydrogens is 192 g/mol. The molecule has 1 radical (unpaired) electrons. The van der Waals surface area contributed by atoms with Crippen LogP contribution >= 0.6 is 15.9 Å². The van der Waals surface area contributed by atoms with Crippen molar-refractivity contribution < 1.29 is 4.74 Å². The molecular formula is C8H16BrO. The number of halogens is 1. The fraction of sp³-hybridized carbons (Fsp3) is 0.875. The van der Waals surface area contributed by atoms with Gasteiger partial charge in [-0.15, -0.1) is 0 Å². The van der Waals surface area contributed by atoms with E-state index in [0.717, 1.165) is 18.4 Å². The summed E-state index contributed by atoms with van der Waals surface area (Å²) in [5.74, 6) is 0. The topological polar surface area (TPSA) is 9.23 Å². The van der Waals surface area contributed by atoms with Crippen molar-refractivity contribution in [2.45, 2.75) is 32.3 Å². The molecule has 0 rings (SSSR count). The normalized spacial score (nSPS) is 13.5. The molecule has 0 N–H and O–H groups in total. The molecule has 1 nitrogen and oxygen atoms in total. The molecule has 0 aliphatic heterocycles. The second-order valence-corrected chi connectivity index (χ2v) is 3.06. The van der Waals surface area contributed by atoms with E-state index in [1.807, 2.05) is 6.92 Å². The molecule has 0 aromatic heterocycles. The van der Waals surface area contributed by atoms with Crippen molar-refractivity contribution in [1.82, 2.24) is 0 Å². The average molecular weight is 208 g/mol. The summed E-state index contributed by atoms with van der Waals surface area (Å²) in [6.45, 7) is 6.64. The molecule has 0 bridgehead atoms. The van der Waals surface area contributed by atoms with Crippen molar-refractivity contribution >= 4 is 15.9 Å². The zero-order chi connectivity index (χ0) is 7.82. The lowest BCUT2D eigenvalue weighted by Crippen LogP contribution is -2.07. The third kappa shape index (κ3) is 6.56. The van der Waals surface area contributed by atoms with Gasteiger partial charge in [0.1, 0.15) is 0 Å². The first-order valence-electron chi connectivity index (χ1n) is 3.82. The zero-order valence-electron chi connectivity index (χ0n) is 6.61. The van der Waals surface area contributed by atoms with E-state index in [-0.39, 0.29) is 6.10 Å². The maximum absolute atomic E-state index is 5.26. The predicted octanol–water partition coefficient (Wildman–Crippen LogP) is 2.79. The monoisotopic (exact) mass is 207 g/mol. The summed E-state index contributed by atoms with van der Waals surface area (Å²) in [7, 11) is 0. The molecule has 0 aliphatic carbocycles. The van der Waals surface area contributed by atoms with Gasteiger partial charge in [0.25, 0.3) is 0 Å². The lowest BCUT2D eigenvalue weighted by atomic mass is 10.2. The quantitative estimate of drug-likeness (QED) is 0.481. The van der Waals surface area contributed by atoms with Crippen LogP contribution < -0.4 is 0 Å². The first kappa shape index (κ1) is 10.4. The molecule has 0 aromatic rings. The molecule has 1 unspecified atom stereocenters. The molecule has 1 atom stereocenters. The highest BCUT2D eigenvalue weighted by molar-refractivity contribution is 9.09. The van der Waals surface area contributed by atoms with Gasteiger partial charge in [-0.3, -0.25) is 0 Å². The van der Waals surface area contributed by atoms with E-state index in [9.17, 15) is 0 Å². The minimum Gasteiger partial charge on any atom is -0.379 e. The van der Waals surface area contributed by atoms with Gasteiger partial charge in [0, 0.05) is 11.9 Å². The van der Waals surface area contributed by atoms with Gasteiger partial charge in [-0.2, -0.15) is 0 Å². The molecule has 0 fully saturated rings. The number of ether oxygens (including phenoxy) is 1. The fourth-order valence-corrected chi connectivity index (χ4v) is 1.18. The number of rotatable bonds is 6. The fourth-order valence-electron chi connectivity index (χ4n) is 0.786. The Morgan fingerprint density at radius 1 is 1.50 bits per heavy atom. The number of alkyl halides is 1. The van der Waals surface area contributed by atoms with Crippen molar-refractivity contribution in [2.24, 2.45) is 0 Å². The van der Waals surface area contributed by atoms with Gasteiger partial charge in [0.2, 0.25) is 0 Å². The lowest BCUT2D eigenvalue weighted by Gasteiger charge is -2.09. The Bertz CT molecular complexity index is 66.3. The molecule has 0 heterocycles. The van der Waals surface area contributed by atoms with Crippen LogP contribution in [0.25, 0.3) is 0 Å². The van der Waals surface area contributed by atoms with E-state index in [0.29, 0.717) is 0 Å². The molecule has 10 heavy (non-hydrogen) atoms. The third-order valence-electron chi connectivity index (χ3n) is 1.31. The Labute approximate surface area is 72.3 Å². The van der Waals surface area contributed by atoms with Crippen LogP contribution in [0, 0.1) is 6.92 Å². The van der Waals surface area contributed by atoms with Crippen LogP contribution in [0.1, 0.15) is 26.2 Å². The Morgan fingerprint density at radius 3 is 2.70 bits per heavy atom. The lowest BCUT2D eigenvalue weighted by molar-refractivity contribution is 0.0868. The van der Waals surface area contributed by atoms with E-state index < -0.39 is 0 Å². The van der Waals surface area contributed by atoms with Crippen LogP contribution in [-0.2, 0) is 4.74 Å². The summed E-state index contributed by atoms with van der Waals surface area (Å²) >= 11 is 3.38. The SMILES string of the molecule is [CH2]C(CCCCBr)OCC. The Balaban J connectivity index is 2.97. The predicted molar refractivity (Wildman–Crippen MR) is 48.4 cm³/mol. The smallest absolute Gasteiger partial charge is 0.0576 e. The largest absolute Gasteiger partial charge is 0.379 e. The highest BCUT2D eigenvalue weighted by Crippen LogP contribution is 2.04. The van der Waals surface area contributed by atoms with Crippen molar-refractivity contribution in [3.8, 4) is 0 Å². The summed E-state index contributed by atoms with van der Waals surface area (Å²) < 4.78 is 5.26. The van der Waals surface area contributed by atoms with Crippen molar-refractivity contribution in [2.75, 3.05) is 11.9 Å². The molecule has 0 aliphatic rings. The highest BCUT2D eigenvalue weighted by Gasteiger charge is 1.98. The molecule has 2 heteroatoms. The van der Waals surface area contributed by atoms with Gasteiger partial charge >= 0.3 is 0 Å². The third-order valence-corrected chi connectivity index (χ3v) is 1.87. The van der Waals surface area contributed by atoms with Gasteiger partial charge in [-0.1, -0.05) is 22.4 Å². The van der Waals surface area contributed by atoms with Crippen LogP contribution in [0.5, 0.6) is 0 Å². The zero-order valence-corrected chi connectivity index (χ0v) is 8.19. The summed E-state index contributed by atoms with van der Waals surface area (Å²) in [6, 6.07) is 0. The first-order valence-corrected chi connectivity index (χ1v) is 4.94. The van der Waals surface area contributed by atoms with Gasteiger partial charge in [0.15, 0.2) is 0 Å². The minimum atomic E-state index is 0.198. The molecule has 0 aromatic carbocycles. The second kappa shape index (κ2) is 7.55. The van der Waals surface area contributed by atoms with Gasteiger partial charge in [-0.25, -0.2) is 0 Å². The Morgan fingerprint density at radius 2 is 2.20 bits per heavy atom. The highest BCUT2D eigenvalue weighted by atomic mass is 79.9. The molecule has 0 saturated heterocycles. The van der Waals surface area contributed by atoms with Crippen LogP contribution in [0.4, 0.5) is 0 Å². The minimum absolute atomic E-state index is 0.198.